The van der Waals surface area contributed by atoms with Gasteiger partial charge in [-0.15, -0.1) is 0 Å². The maximum atomic E-state index is 11.5. The summed E-state index contributed by atoms with van der Waals surface area (Å²) in [7, 11) is 1.68. The fraction of sp³-hybridized carbons (Fsp3) is 0.588. The topological polar surface area (TPSA) is 58.4 Å². The van der Waals surface area contributed by atoms with E-state index in [9.17, 15) is 4.79 Å². The van der Waals surface area contributed by atoms with Gasteiger partial charge < -0.3 is 11.1 Å². The fourth-order valence-electron chi connectivity index (χ4n) is 3.15. The molecule has 4 heteroatoms. The first kappa shape index (κ1) is 16.0. The van der Waals surface area contributed by atoms with Crippen LogP contribution < -0.4 is 11.1 Å². The van der Waals surface area contributed by atoms with Crippen molar-refractivity contribution in [2.75, 3.05) is 26.7 Å². The van der Waals surface area contributed by atoms with Crippen LogP contribution in [0.5, 0.6) is 0 Å². The summed E-state index contributed by atoms with van der Waals surface area (Å²) in [4.78, 5) is 13.9. The molecule has 0 saturated carbocycles. The van der Waals surface area contributed by atoms with Crippen LogP contribution in [0.2, 0.25) is 0 Å². The molecule has 1 fully saturated rings. The predicted molar refractivity (Wildman–Crippen MR) is 86.0 cm³/mol. The Morgan fingerprint density at radius 3 is 2.57 bits per heavy atom. The molecule has 2 rings (SSSR count). The van der Waals surface area contributed by atoms with E-state index in [1.165, 1.54) is 18.4 Å². The summed E-state index contributed by atoms with van der Waals surface area (Å²) in [5.74, 6) is 0.832. The Morgan fingerprint density at radius 2 is 2.00 bits per heavy atom. The van der Waals surface area contributed by atoms with Crippen LogP contribution in [-0.4, -0.2) is 43.5 Å². The molecule has 1 amide bonds. The van der Waals surface area contributed by atoms with Gasteiger partial charge in [0.05, 0.1) is 0 Å². The number of hydrogen-bond acceptors (Lipinski definition) is 3. The van der Waals surface area contributed by atoms with Crippen molar-refractivity contribution in [3.8, 4) is 0 Å². The third kappa shape index (κ3) is 4.83. The smallest absolute Gasteiger partial charge is 0.221 e. The molecule has 0 spiro atoms. The summed E-state index contributed by atoms with van der Waals surface area (Å²) >= 11 is 0. The lowest BCUT2D eigenvalue weighted by Crippen LogP contribution is -2.47. The van der Waals surface area contributed by atoms with Crippen LogP contribution >= 0.6 is 0 Å². The van der Waals surface area contributed by atoms with Gasteiger partial charge in [0.25, 0.3) is 0 Å². The number of carbonyl (C=O) groups is 1. The molecule has 0 aromatic heterocycles. The van der Waals surface area contributed by atoms with Crippen molar-refractivity contribution >= 4 is 5.91 Å². The third-order valence-corrected chi connectivity index (χ3v) is 4.50. The molecule has 1 unspecified atom stereocenters. The minimum Gasteiger partial charge on any atom is -0.359 e. The van der Waals surface area contributed by atoms with Gasteiger partial charge in [-0.3, -0.25) is 9.69 Å². The van der Waals surface area contributed by atoms with Crippen LogP contribution in [0.15, 0.2) is 30.3 Å². The molecule has 1 aromatic rings. The van der Waals surface area contributed by atoms with Gasteiger partial charge in [0.15, 0.2) is 0 Å². The second-order valence-electron chi connectivity index (χ2n) is 5.94. The highest BCUT2D eigenvalue weighted by Crippen LogP contribution is 2.23. The van der Waals surface area contributed by atoms with E-state index in [-0.39, 0.29) is 11.9 Å². The first-order valence-electron chi connectivity index (χ1n) is 7.91. The Hall–Kier alpha value is -1.39. The average molecular weight is 289 g/mol. The Morgan fingerprint density at radius 1 is 1.33 bits per heavy atom. The van der Waals surface area contributed by atoms with E-state index in [0.717, 1.165) is 25.4 Å². The van der Waals surface area contributed by atoms with Crippen molar-refractivity contribution in [2.45, 2.75) is 31.7 Å². The quantitative estimate of drug-likeness (QED) is 0.832. The standard InChI is InChI=1S/C17H27N3O/c1-19-17(21)12-16(13-18)20-9-7-15(8-10-20)11-14-5-3-2-4-6-14/h2-6,15-16H,7-13,18H2,1H3,(H,19,21). The van der Waals surface area contributed by atoms with Gasteiger partial charge in [0.2, 0.25) is 5.91 Å². The summed E-state index contributed by atoms with van der Waals surface area (Å²) in [5.41, 5.74) is 7.27. The lowest BCUT2D eigenvalue weighted by atomic mass is 9.89. The van der Waals surface area contributed by atoms with Crippen molar-refractivity contribution < 1.29 is 4.79 Å². The second kappa shape index (κ2) is 8.15. The zero-order valence-corrected chi connectivity index (χ0v) is 12.9. The van der Waals surface area contributed by atoms with Gasteiger partial charge in [-0.2, -0.15) is 0 Å². The van der Waals surface area contributed by atoms with Gasteiger partial charge in [0, 0.05) is 26.1 Å². The molecule has 1 atom stereocenters. The molecule has 4 nitrogen and oxygen atoms in total. The van der Waals surface area contributed by atoms with Crippen LogP contribution in [0, 0.1) is 5.92 Å². The SMILES string of the molecule is CNC(=O)CC(CN)N1CCC(Cc2ccccc2)CC1. The molecular formula is C17H27N3O. The molecule has 1 heterocycles. The van der Waals surface area contributed by atoms with Crippen molar-refractivity contribution in [3.63, 3.8) is 0 Å². The number of hydrogen-bond donors (Lipinski definition) is 2. The van der Waals surface area contributed by atoms with Gasteiger partial charge in [-0.05, 0) is 43.8 Å². The van der Waals surface area contributed by atoms with E-state index < -0.39 is 0 Å². The van der Waals surface area contributed by atoms with E-state index in [1.54, 1.807) is 7.05 Å². The number of piperidine rings is 1. The highest BCUT2D eigenvalue weighted by atomic mass is 16.1. The first-order valence-corrected chi connectivity index (χ1v) is 7.91. The number of nitrogens with zero attached hydrogens (tertiary/aromatic N) is 1. The summed E-state index contributed by atoms with van der Waals surface area (Å²) in [6.45, 7) is 2.66. The van der Waals surface area contributed by atoms with Crippen molar-refractivity contribution in [2.24, 2.45) is 11.7 Å². The highest BCUT2D eigenvalue weighted by molar-refractivity contribution is 5.76. The van der Waals surface area contributed by atoms with Crippen LogP contribution in [0.1, 0.15) is 24.8 Å². The van der Waals surface area contributed by atoms with Gasteiger partial charge in [-0.25, -0.2) is 0 Å². The van der Waals surface area contributed by atoms with Crippen LogP contribution in [-0.2, 0) is 11.2 Å². The van der Waals surface area contributed by atoms with Crippen LogP contribution in [0.25, 0.3) is 0 Å². The number of amides is 1. The minimum absolute atomic E-state index is 0.0804. The average Bonchev–Trinajstić information content (AvgIpc) is 2.54. The van der Waals surface area contributed by atoms with Gasteiger partial charge in [0.1, 0.15) is 0 Å². The molecular weight excluding hydrogens is 262 g/mol. The van der Waals surface area contributed by atoms with E-state index in [0.29, 0.717) is 13.0 Å². The minimum atomic E-state index is 0.0804. The van der Waals surface area contributed by atoms with Crippen LogP contribution in [0.4, 0.5) is 0 Å². The second-order valence-corrected chi connectivity index (χ2v) is 5.94. The number of nitrogens with one attached hydrogen (secondary N) is 1. The molecule has 116 valence electrons. The molecule has 1 aliphatic heterocycles. The molecule has 1 saturated heterocycles. The number of benzene rings is 1. The number of likely N-dealkylation sites (tertiary alicyclic amines) is 1. The summed E-state index contributed by atoms with van der Waals surface area (Å²) in [5, 5.41) is 2.69. The van der Waals surface area contributed by atoms with E-state index >= 15 is 0 Å². The Kier molecular flexibility index (Phi) is 6.21. The highest BCUT2D eigenvalue weighted by Gasteiger charge is 2.25. The molecule has 1 aromatic carbocycles. The summed E-state index contributed by atoms with van der Waals surface area (Å²) < 4.78 is 0. The van der Waals surface area contributed by atoms with E-state index in [2.05, 4.69) is 40.5 Å². The summed E-state index contributed by atoms with van der Waals surface area (Å²) in [6.07, 6.45) is 4.06. The lowest BCUT2D eigenvalue weighted by Gasteiger charge is -2.37. The first-order chi connectivity index (χ1) is 10.2. The van der Waals surface area contributed by atoms with Crippen molar-refractivity contribution in [1.29, 1.82) is 0 Å². The zero-order valence-electron chi connectivity index (χ0n) is 12.9. The Bertz CT molecular complexity index is 427. The Balaban J connectivity index is 1.80. The van der Waals surface area contributed by atoms with Crippen molar-refractivity contribution in [1.82, 2.24) is 10.2 Å². The summed E-state index contributed by atoms with van der Waals surface area (Å²) in [6, 6.07) is 10.9. The maximum Gasteiger partial charge on any atom is 0.221 e. The lowest BCUT2D eigenvalue weighted by molar-refractivity contribution is -0.121. The number of nitrogens with two attached hydrogens (primary N) is 1. The molecule has 0 bridgehead atoms. The predicted octanol–water partition coefficient (Wildman–Crippen LogP) is 1.40. The van der Waals surface area contributed by atoms with E-state index in [1.807, 2.05) is 0 Å². The third-order valence-electron chi connectivity index (χ3n) is 4.50. The Labute approximate surface area is 127 Å². The largest absolute Gasteiger partial charge is 0.359 e. The molecule has 21 heavy (non-hydrogen) atoms. The maximum absolute atomic E-state index is 11.5. The van der Waals surface area contributed by atoms with Gasteiger partial charge >= 0.3 is 0 Å². The molecule has 1 aliphatic rings. The van der Waals surface area contributed by atoms with E-state index in [4.69, 9.17) is 5.73 Å². The number of carbonyl (C=O) groups excluding carboxylic acids is 1. The molecule has 0 aliphatic carbocycles. The molecule has 3 N–H and O–H groups in total. The fourth-order valence-corrected chi connectivity index (χ4v) is 3.15. The monoisotopic (exact) mass is 289 g/mol. The van der Waals surface area contributed by atoms with Gasteiger partial charge in [-0.1, -0.05) is 30.3 Å². The van der Waals surface area contributed by atoms with Crippen molar-refractivity contribution in [3.05, 3.63) is 35.9 Å². The number of rotatable bonds is 6. The molecule has 0 radical (unpaired) electrons. The normalized spacial score (nSPS) is 18.4. The van der Waals surface area contributed by atoms with Crippen LogP contribution in [0.3, 0.4) is 0 Å². The zero-order chi connectivity index (χ0) is 15.1.